The first-order valence-corrected chi connectivity index (χ1v) is 10.1. The molecule has 124 valence electrons. The van der Waals surface area contributed by atoms with E-state index in [1.807, 2.05) is 48.5 Å². The minimum absolute atomic E-state index is 0.126. The smallest absolute Gasteiger partial charge is 0.148 e. The standard InChI is InChI=1S/C17H20BrNO3S/c1-23(20,21)10-9-19-12-15-11-16(18)7-8-17(15)22-13-14-5-3-2-4-6-14/h2-8,11,19H,9-10,12-13H2,1H3. The maximum Gasteiger partial charge on any atom is 0.148 e. The van der Waals surface area contributed by atoms with E-state index >= 15 is 0 Å². The van der Waals surface area contributed by atoms with Gasteiger partial charge in [0.15, 0.2) is 0 Å². The largest absolute Gasteiger partial charge is 0.489 e. The van der Waals surface area contributed by atoms with Gasteiger partial charge in [-0.05, 0) is 23.8 Å². The van der Waals surface area contributed by atoms with Gasteiger partial charge in [0.25, 0.3) is 0 Å². The average molecular weight is 398 g/mol. The van der Waals surface area contributed by atoms with Crippen LogP contribution in [-0.2, 0) is 23.0 Å². The van der Waals surface area contributed by atoms with Crippen molar-refractivity contribution in [3.8, 4) is 5.75 Å². The van der Waals surface area contributed by atoms with E-state index in [0.717, 1.165) is 21.3 Å². The van der Waals surface area contributed by atoms with Crippen LogP contribution in [0.5, 0.6) is 5.75 Å². The van der Waals surface area contributed by atoms with Gasteiger partial charge in [0.05, 0.1) is 5.75 Å². The molecule has 0 saturated carbocycles. The predicted octanol–water partition coefficient (Wildman–Crippen LogP) is 3.16. The van der Waals surface area contributed by atoms with Crippen LogP contribution in [0, 0.1) is 0 Å². The molecule has 1 N–H and O–H groups in total. The second kappa shape index (κ2) is 8.47. The summed E-state index contributed by atoms with van der Waals surface area (Å²) in [5.41, 5.74) is 2.09. The van der Waals surface area contributed by atoms with Gasteiger partial charge in [0.1, 0.15) is 22.2 Å². The van der Waals surface area contributed by atoms with Crippen LogP contribution in [0.2, 0.25) is 0 Å². The SMILES string of the molecule is CS(=O)(=O)CCNCc1cc(Br)ccc1OCc1ccccc1. The summed E-state index contributed by atoms with van der Waals surface area (Å²) in [6.45, 7) is 1.47. The number of benzene rings is 2. The summed E-state index contributed by atoms with van der Waals surface area (Å²) in [6.07, 6.45) is 1.24. The Balaban J connectivity index is 1.96. The number of rotatable bonds is 8. The quantitative estimate of drug-likeness (QED) is 0.695. The molecule has 0 aliphatic carbocycles. The van der Waals surface area contributed by atoms with Crippen molar-refractivity contribution in [2.24, 2.45) is 0 Å². The van der Waals surface area contributed by atoms with Crippen molar-refractivity contribution >= 4 is 25.8 Å². The number of hydrogen-bond acceptors (Lipinski definition) is 4. The Morgan fingerprint density at radius 2 is 1.87 bits per heavy atom. The van der Waals surface area contributed by atoms with Gasteiger partial charge in [0.2, 0.25) is 0 Å². The molecule has 0 amide bonds. The lowest BCUT2D eigenvalue weighted by molar-refractivity contribution is 0.302. The van der Waals surface area contributed by atoms with Crippen molar-refractivity contribution in [1.82, 2.24) is 5.32 Å². The fourth-order valence-corrected chi connectivity index (χ4v) is 2.97. The molecule has 0 aliphatic heterocycles. The third-order valence-corrected chi connectivity index (χ3v) is 4.66. The van der Waals surface area contributed by atoms with Gasteiger partial charge in [-0.25, -0.2) is 8.42 Å². The number of halogens is 1. The second-order valence-electron chi connectivity index (χ2n) is 5.33. The van der Waals surface area contributed by atoms with Crippen LogP contribution >= 0.6 is 15.9 Å². The zero-order chi connectivity index (χ0) is 16.7. The van der Waals surface area contributed by atoms with E-state index in [1.165, 1.54) is 6.26 Å². The number of sulfone groups is 1. The Morgan fingerprint density at radius 1 is 1.13 bits per heavy atom. The summed E-state index contributed by atoms with van der Waals surface area (Å²) >= 11 is 3.45. The highest BCUT2D eigenvalue weighted by Gasteiger charge is 2.06. The summed E-state index contributed by atoms with van der Waals surface area (Å²) in [7, 11) is -2.95. The first kappa shape index (κ1) is 18.0. The molecule has 0 atom stereocenters. The molecule has 0 spiro atoms. The lowest BCUT2D eigenvalue weighted by Crippen LogP contribution is -2.22. The van der Waals surface area contributed by atoms with E-state index in [0.29, 0.717) is 19.7 Å². The monoisotopic (exact) mass is 397 g/mol. The van der Waals surface area contributed by atoms with Gasteiger partial charge in [-0.3, -0.25) is 0 Å². The van der Waals surface area contributed by atoms with E-state index in [4.69, 9.17) is 4.74 Å². The van der Waals surface area contributed by atoms with Crippen LogP contribution < -0.4 is 10.1 Å². The third kappa shape index (κ3) is 6.72. The third-order valence-electron chi connectivity index (χ3n) is 3.22. The fourth-order valence-electron chi connectivity index (χ4n) is 2.04. The molecule has 0 unspecified atom stereocenters. The van der Waals surface area contributed by atoms with Crippen LogP contribution in [0.3, 0.4) is 0 Å². The van der Waals surface area contributed by atoms with Crippen molar-refractivity contribution < 1.29 is 13.2 Å². The van der Waals surface area contributed by atoms with Gasteiger partial charge < -0.3 is 10.1 Å². The average Bonchev–Trinajstić information content (AvgIpc) is 2.51. The summed E-state index contributed by atoms with van der Waals surface area (Å²) in [4.78, 5) is 0. The maximum atomic E-state index is 11.2. The van der Waals surface area contributed by atoms with Crippen molar-refractivity contribution in [2.45, 2.75) is 13.2 Å². The first-order valence-electron chi connectivity index (χ1n) is 7.27. The van der Waals surface area contributed by atoms with Crippen molar-refractivity contribution in [2.75, 3.05) is 18.6 Å². The van der Waals surface area contributed by atoms with Crippen LogP contribution in [0.1, 0.15) is 11.1 Å². The molecule has 0 bridgehead atoms. The van der Waals surface area contributed by atoms with E-state index in [1.54, 1.807) is 0 Å². The van der Waals surface area contributed by atoms with Crippen LogP contribution in [0.25, 0.3) is 0 Å². The van der Waals surface area contributed by atoms with Gasteiger partial charge in [0, 0.05) is 29.4 Å². The van der Waals surface area contributed by atoms with Gasteiger partial charge in [-0.1, -0.05) is 46.3 Å². The molecular formula is C17H20BrNO3S. The zero-order valence-electron chi connectivity index (χ0n) is 13.0. The summed E-state index contributed by atoms with van der Waals surface area (Å²) in [5.74, 6) is 0.921. The Morgan fingerprint density at radius 3 is 2.57 bits per heavy atom. The highest BCUT2D eigenvalue weighted by Crippen LogP contribution is 2.24. The molecule has 2 aromatic carbocycles. The lowest BCUT2D eigenvalue weighted by Gasteiger charge is -2.13. The highest BCUT2D eigenvalue weighted by atomic mass is 79.9. The van der Waals surface area contributed by atoms with E-state index in [9.17, 15) is 8.42 Å². The number of nitrogens with one attached hydrogen (secondary N) is 1. The Kier molecular flexibility index (Phi) is 6.62. The minimum Gasteiger partial charge on any atom is -0.489 e. The molecule has 2 aromatic rings. The molecule has 0 aliphatic rings. The number of hydrogen-bond donors (Lipinski definition) is 1. The Labute approximate surface area is 145 Å². The molecule has 2 rings (SSSR count). The molecule has 0 aromatic heterocycles. The molecule has 23 heavy (non-hydrogen) atoms. The maximum absolute atomic E-state index is 11.2. The topological polar surface area (TPSA) is 55.4 Å². The lowest BCUT2D eigenvalue weighted by atomic mass is 10.2. The van der Waals surface area contributed by atoms with Crippen LogP contribution in [-0.4, -0.2) is 27.0 Å². The fraction of sp³-hybridized carbons (Fsp3) is 0.294. The van der Waals surface area contributed by atoms with E-state index < -0.39 is 9.84 Å². The van der Waals surface area contributed by atoms with Crippen LogP contribution in [0.15, 0.2) is 53.0 Å². The normalized spacial score (nSPS) is 11.4. The molecule has 4 nitrogen and oxygen atoms in total. The molecule has 6 heteroatoms. The number of ether oxygens (including phenoxy) is 1. The summed E-state index contributed by atoms with van der Waals surface area (Å²) in [6, 6.07) is 15.8. The van der Waals surface area contributed by atoms with E-state index in [-0.39, 0.29) is 5.75 Å². The van der Waals surface area contributed by atoms with Crippen molar-refractivity contribution in [1.29, 1.82) is 0 Å². The van der Waals surface area contributed by atoms with Gasteiger partial charge in [-0.2, -0.15) is 0 Å². The predicted molar refractivity (Wildman–Crippen MR) is 96.3 cm³/mol. The summed E-state index contributed by atoms with van der Waals surface area (Å²) < 4.78 is 29.2. The van der Waals surface area contributed by atoms with Crippen molar-refractivity contribution in [3.05, 3.63) is 64.1 Å². The second-order valence-corrected chi connectivity index (χ2v) is 8.51. The molecule has 0 saturated heterocycles. The molecule has 0 fully saturated rings. The Hall–Kier alpha value is -1.37. The summed E-state index contributed by atoms with van der Waals surface area (Å²) in [5, 5.41) is 3.14. The molecule has 0 heterocycles. The Bertz CT molecular complexity index is 733. The van der Waals surface area contributed by atoms with Gasteiger partial charge >= 0.3 is 0 Å². The molecule has 0 radical (unpaired) electrons. The van der Waals surface area contributed by atoms with Gasteiger partial charge in [-0.15, -0.1) is 0 Å². The first-order chi connectivity index (χ1) is 10.9. The minimum atomic E-state index is -2.95. The highest BCUT2D eigenvalue weighted by molar-refractivity contribution is 9.10. The van der Waals surface area contributed by atoms with Crippen LogP contribution in [0.4, 0.5) is 0 Å². The van der Waals surface area contributed by atoms with E-state index in [2.05, 4.69) is 21.2 Å². The van der Waals surface area contributed by atoms with Crippen molar-refractivity contribution in [3.63, 3.8) is 0 Å². The zero-order valence-corrected chi connectivity index (χ0v) is 15.4. The molecular weight excluding hydrogens is 378 g/mol.